The van der Waals surface area contributed by atoms with Crippen molar-refractivity contribution in [3.63, 3.8) is 0 Å². The van der Waals surface area contributed by atoms with Gasteiger partial charge in [-0.2, -0.15) is 4.98 Å². The van der Waals surface area contributed by atoms with Gasteiger partial charge in [-0.1, -0.05) is 0 Å². The van der Waals surface area contributed by atoms with Gasteiger partial charge in [-0.25, -0.2) is 4.79 Å². The average molecular weight is 292 g/mol. The number of aliphatic hydroxyl groups excluding tert-OH is 2. The number of ether oxygens (including phenoxy) is 1. The summed E-state index contributed by atoms with van der Waals surface area (Å²) in [6.07, 6.45) is -2.12. The molecule has 1 aliphatic heterocycles. The zero-order valence-electron chi connectivity index (χ0n) is 10.0. The molecule has 8 nitrogen and oxygen atoms in total. The Kier molecular flexibility index (Phi) is 3.79. The van der Waals surface area contributed by atoms with Crippen LogP contribution in [0.15, 0.2) is 17.1 Å². The summed E-state index contributed by atoms with van der Waals surface area (Å²) in [7, 11) is 0. The van der Waals surface area contributed by atoms with Crippen molar-refractivity contribution in [2.24, 2.45) is 0 Å². The lowest BCUT2D eigenvalue weighted by Gasteiger charge is -2.27. The molecule has 2 unspecified atom stereocenters. The maximum absolute atomic E-state index is 11.8. The molecule has 4 atom stereocenters. The number of nitrogens with zero attached hydrogens (tertiary/aromatic N) is 2. The van der Waals surface area contributed by atoms with E-state index in [1.807, 2.05) is 0 Å². The van der Waals surface area contributed by atoms with Crippen molar-refractivity contribution in [3.8, 4) is 0 Å². The summed E-state index contributed by atoms with van der Waals surface area (Å²) in [5.74, 6) is 0.153. The Balaban J connectivity index is 2.39. The average Bonchev–Trinajstić information content (AvgIpc) is 2.61. The number of rotatable bonds is 3. The summed E-state index contributed by atoms with van der Waals surface area (Å²) in [6.45, 7) is 0.843. The van der Waals surface area contributed by atoms with Crippen molar-refractivity contribution in [1.29, 1.82) is 0 Å². The van der Waals surface area contributed by atoms with E-state index in [0.717, 1.165) is 4.57 Å². The molecule has 4 N–H and O–H groups in total. The monoisotopic (exact) mass is 291 g/mol. The van der Waals surface area contributed by atoms with Crippen molar-refractivity contribution in [2.75, 3.05) is 11.4 Å². The first kappa shape index (κ1) is 14.2. The number of hydrogen-bond donors (Lipinski definition) is 4. The van der Waals surface area contributed by atoms with Crippen LogP contribution in [0.2, 0.25) is 0 Å². The number of anilines is 1. The van der Waals surface area contributed by atoms with Crippen LogP contribution in [-0.4, -0.2) is 49.3 Å². The summed E-state index contributed by atoms with van der Waals surface area (Å²) >= 11 is 5.32. The Morgan fingerprint density at radius 2 is 2.37 bits per heavy atom. The number of hydrogen-bond acceptors (Lipinski definition) is 7. The fourth-order valence-corrected chi connectivity index (χ4v) is 2.14. The highest BCUT2D eigenvalue weighted by Crippen LogP contribution is 2.37. The third-order valence-electron chi connectivity index (χ3n) is 3.11. The highest BCUT2D eigenvalue weighted by atomic mass is 35.5. The predicted octanol–water partition coefficient (Wildman–Crippen LogP) is -1.19. The van der Waals surface area contributed by atoms with E-state index < -0.39 is 36.3 Å². The van der Waals surface area contributed by atoms with Crippen LogP contribution in [0.4, 0.5) is 5.82 Å². The quantitative estimate of drug-likeness (QED) is 0.517. The minimum Gasteiger partial charge on any atom is -0.394 e. The second-order valence-electron chi connectivity index (χ2n) is 4.48. The third-order valence-corrected chi connectivity index (χ3v) is 3.31. The Labute approximate surface area is 113 Å². The van der Waals surface area contributed by atoms with Crippen molar-refractivity contribution in [1.82, 2.24) is 9.55 Å². The van der Waals surface area contributed by atoms with Gasteiger partial charge in [0, 0.05) is 18.0 Å². The Morgan fingerprint density at radius 3 is 2.84 bits per heavy atom. The summed E-state index contributed by atoms with van der Waals surface area (Å²) in [4.78, 5) is 17.6. The summed E-state index contributed by atoms with van der Waals surface area (Å²) in [6, 6.07) is 1.41. The van der Waals surface area contributed by atoms with Crippen LogP contribution in [0.3, 0.4) is 0 Å². The maximum atomic E-state index is 11.8. The fraction of sp³-hybridized carbons (Fsp3) is 0.600. The number of nitrogens with one attached hydrogen (secondary N) is 1. The topological polar surface area (TPSA) is 117 Å². The smallest absolute Gasteiger partial charge is 0.351 e. The zero-order valence-corrected chi connectivity index (χ0v) is 10.8. The van der Waals surface area contributed by atoms with Crippen LogP contribution in [0.25, 0.3) is 0 Å². The van der Waals surface area contributed by atoms with Gasteiger partial charge in [-0.15, -0.1) is 0 Å². The van der Waals surface area contributed by atoms with E-state index in [2.05, 4.69) is 9.82 Å². The van der Waals surface area contributed by atoms with E-state index in [9.17, 15) is 15.0 Å². The SMILES string of the molecule is CC1(O)C(n2ccc(NCl)nc2=O)O[C@H](CO)[C@@H]1O. The van der Waals surface area contributed by atoms with Gasteiger partial charge in [0.1, 0.15) is 23.6 Å². The zero-order chi connectivity index (χ0) is 14.2. The van der Waals surface area contributed by atoms with Crippen LogP contribution in [0.1, 0.15) is 13.2 Å². The molecule has 1 saturated heterocycles. The molecule has 0 spiro atoms. The maximum Gasteiger partial charge on any atom is 0.351 e. The molecule has 1 aliphatic rings. The first-order valence-electron chi connectivity index (χ1n) is 5.54. The minimum absolute atomic E-state index is 0.153. The highest BCUT2D eigenvalue weighted by Gasteiger charge is 2.53. The van der Waals surface area contributed by atoms with Gasteiger partial charge in [-0.05, 0) is 13.0 Å². The van der Waals surface area contributed by atoms with E-state index in [1.54, 1.807) is 0 Å². The van der Waals surface area contributed by atoms with Gasteiger partial charge in [0.25, 0.3) is 0 Å². The minimum atomic E-state index is -1.73. The molecule has 0 bridgehead atoms. The number of halogens is 1. The van der Waals surface area contributed by atoms with Gasteiger partial charge in [-0.3, -0.25) is 9.40 Å². The van der Waals surface area contributed by atoms with Crippen LogP contribution in [-0.2, 0) is 4.74 Å². The van der Waals surface area contributed by atoms with Crippen molar-refractivity contribution in [2.45, 2.75) is 31.0 Å². The molecular weight excluding hydrogens is 278 g/mol. The van der Waals surface area contributed by atoms with E-state index in [-0.39, 0.29) is 5.82 Å². The predicted molar refractivity (Wildman–Crippen MR) is 65.6 cm³/mol. The molecular formula is C10H14ClN3O5. The lowest BCUT2D eigenvalue weighted by atomic mass is 9.96. The number of aromatic nitrogens is 2. The summed E-state index contributed by atoms with van der Waals surface area (Å²) in [5, 5.41) is 29.1. The molecule has 106 valence electrons. The molecule has 0 aromatic carbocycles. The Morgan fingerprint density at radius 1 is 1.68 bits per heavy atom. The molecule has 2 heterocycles. The van der Waals surface area contributed by atoms with E-state index >= 15 is 0 Å². The standard InChI is InChI=1S/C10H14ClN3O5/c1-10(18)7(16)5(4-15)19-8(10)14-3-2-6(13-11)12-9(14)17/h2-3,5,7-8,15-16,18H,4H2,1H3,(H,12,13,17)/t5-,7+,8?,10?/m1/s1. The van der Waals surface area contributed by atoms with Gasteiger partial charge in [0.2, 0.25) is 0 Å². The van der Waals surface area contributed by atoms with Gasteiger partial charge >= 0.3 is 5.69 Å². The molecule has 1 fully saturated rings. The molecule has 0 amide bonds. The molecule has 0 aliphatic carbocycles. The lowest BCUT2D eigenvalue weighted by molar-refractivity contribution is -0.0986. The van der Waals surface area contributed by atoms with Gasteiger partial charge in [0.15, 0.2) is 6.23 Å². The van der Waals surface area contributed by atoms with Crippen LogP contribution in [0.5, 0.6) is 0 Å². The third kappa shape index (κ3) is 2.33. The van der Waals surface area contributed by atoms with Crippen LogP contribution in [0, 0.1) is 0 Å². The van der Waals surface area contributed by atoms with Gasteiger partial charge in [0.05, 0.1) is 6.61 Å². The second kappa shape index (κ2) is 5.06. The molecule has 0 saturated carbocycles. The molecule has 2 rings (SSSR count). The van der Waals surface area contributed by atoms with E-state index in [0.29, 0.717) is 0 Å². The van der Waals surface area contributed by atoms with Crippen molar-refractivity contribution in [3.05, 3.63) is 22.7 Å². The first-order valence-corrected chi connectivity index (χ1v) is 5.92. The lowest BCUT2D eigenvalue weighted by Crippen LogP contribution is -2.46. The first-order chi connectivity index (χ1) is 8.91. The van der Waals surface area contributed by atoms with Crippen molar-refractivity contribution >= 4 is 17.6 Å². The van der Waals surface area contributed by atoms with E-state index in [4.69, 9.17) is 21.6 Å². The largest absolute Gasteiger partial charge is 0.394 e. The molecule has 19 heavy (non-hydrogen) atoms. The van der Waals surface area contributed by atoms with Crippen molar-refractivity contribution < 1.29 is 20.1 Å². The fourth-order valence-electron chi connectivity index (χ4n) is 2.03. The van der Waals surface area contributed by atoms with Crippen LogP contribution < -0.4 is 10.5 Å². The molecule has 1 aromatic rings. The summed E-state index contributed by atoms with van der Waals surface area (Å²) < 4.78 is 6.32. The van der Waals surface area contributed by atoms with Gasteiger partial charge < -0.3 is 20.1 Å². The highest BCUT2D eigenvalue weighted by molar-refractivity contribution is 6.23. The van der Waals surface area contributed by atoms with E-state index in [1.165, 1.54) is 19.2 Å². The normalized spacial score (nSPS) is 34.5. The van der Waals surface area contributed by atoms with Crippen LogP contribution >= 0.6 is 11.8 Å². The Hall–Kier alpha value is -1.19. The number of aliphatic hydroxyl groups is 3. The molecule has 1 aromatic heterocycles. The Bertz CT molecular complexity index is 520. The summed E-state index contributed by atoms with van der Waals surface area (Å²) in [5.41, 5.74) is -2.43. The molecule has 9 heteroatoms. The molecule has 0 radical (unpaired) electrons. The second-order valence-corrected chi connectivity index (χ2v) is 4.67.